The summed E-state index contributed by atoms with van der Waals surface area (Å²) in [5.74, 6) is 0. The van der Waals surface area contributed by atoms with E-state index in [1.807, 2.05) is 0 Å². The van der Waals surface area contributed by atoms with Gasteiger partial charge in [0, 0.05) is 17.2 Å². The molecule has 0 fully saturated rings. The molecule has 0 unspecified atom stereocenters. The molecule has 0 bridgehead atoms. The summed E-state index contributed by atoms with van der Waals surface area (Å²) in [6.45, 7) is 0.279. The Labute approximate surface area is 128 Å². The lowest BCUT2D eigenvalue weighted by Crippen LogP contribution is -2.13. The van der Waals surface area contributed by atoms with E-state index in [9.17, 15) is 14.9 Å². The van der Waals surface area contributed by atoms with Crippen LogP contribution in [0.1, 0.15) is 5.56 Å². The van der Waals surface area contributed by atoms with Crippen LogP contribution in [0, 0.1) is 10.1 Å². The minimum atomic E-state index is -0.450. The normalized spacial score (nSPS) is 10.9. The van der Waals surface area contributed by atoms with Gasteiger partial charge in [-0.3, -0.25) is 19.5 Å². The molecule has 1 aromatic heterocycles. The molecule has 0 aliphatic carbocycles. The molecule has 0 atom stereocenters. The number of benzene rings is 2. The third kappa shape index (κ3) is 2.68. The van der Waals surface area contributed by atoms with E-state index >= 15 is 0 Å². The van der Waals surface area contributed by atoms with Gasteiger partial charge in [0.15, 0.2) is 0 Å². The van der Waals surface area contributed by atoms with Gasteiger partial charge >= 0.3 is 4.87 Å². The van der Waals surface area contributed by atoms with E-state index < -0.39 is 4.92 Å². The molecule has 0 amide bonds. The zero-order valence-electron chi connectivity index (χ0n) is 10.7. The minimum Gasteiger partial charge on any atom is -0.294 e. The van der Waals surface area contributed by atoms with Crippen LogP contribution >= 0.6 is 22.9 Å². The van der Waals surface area contributed by atoms with Crippen LogP contribution in [-0.2, 0) is 6.54 Å². The Morgan fingerprint density at radius 3 is 2.81 bits per heavy atom. The number of fused-ring (bicyclic) bond motifs is 1. The quantitative estimate of drug-likeness (QED) is 0.546. The van der Waals surface area contributed by atoms with Crippen LogP contribution in [0.25, 0.3) is 10.2 Å². The maximum absolute atomic E-state index is 12.1. The van der Waals surface area contributed by atoms with Crippen molar-refractivity contribution in [1.82, 2.24) is 4.57 Å². The van der Waals surface area contributed by atoms with Gasteiger partial charge in [0.2, 0.25) is 0 Å². The second-order valence-corrected chi connectivity index (χ2v) is 5.92. The van der Waals surface area contributed by atoms with Crippen molar-refractivity contribution in [3.05, 3.63) is 72.8 Å². The standard InChI is InChI=1S/C14H9ClN2O3S/c15-10-4-5-13-12(7-10)16(14(18)21-13)8-9-2-1-3-11(6-9)17(19)20/h1-7H,8H2. The van der Waals surface area contributed by atoms with Crippen molar-refractivity contribution in [3.8, 4) is 0 Å². The maximum atomic E-state index is 12.1. The lowest BCUT2D eigenvalue weighted by Gasteiger charge is -2.04. The average molecular weight is 321 g/mol. The summed E-state index contributed by atoms with van der Waals surface area (Å²) in [5.41, 5.74) is 1.45. The van der Waals surface area contributed by atoms with Crippen molar-refractivity contribution in [1.29, 1.82) is 0 Å². The van der Waals surface area contributed by atoms with Gasteiger partial charge in [-0.2, -0.15) is 0 Å². The van der Waals surface area contributed by atoms with Crippen molar-refractivity contribution in [3.63, 3.8) is 0 Å². The molecule has 0 aliphatic heterocycles. The summed E-state index contributed by atoms with van der Waals surface area (Å²) in [5, 5.41) is 11.4. The molecule has 106 valence electrons. The average Bonchev–Trinajstić information content (AvgIpc) is 2.75. The lowest BCUT2D eigenvalue weighted by atomic mass is 10.2. The molecule has 5 nitrogen and oxygen atoms in total. The van der Waals surface area contributed by atoms with E-state index in [1.165, 1.54) is 12.1 Å². The Kier molecular flexibility index (Phi) is 3.48. The molecule has 1 heterocycles. The number of thiazole rings is 1. The largest absolute Gasteiger partial charge is 0.308 e. The number of rotatable bonds is 3. The van der Waals surface area contributed by atoms with Gasteiger partial charge in [-0.15, -0.1) is 0 Å². The fraction of sp³-hybridized carbons (Fsp3) is 0.0714. The Balaban J connectivity index is 2.07. The summed E-state index contributed by atoms with van der Waals surface area (Å²) in [6, 6.07) is 11.5. The predicted molar refractivity (Wildman–Crippen MR) is 83.3 cm³/mol. The first-order chi connectivity index (χ1) is 10.0. The number of nitro groups is 1. The predicted octanol–water partition coefficient (Wildman–Crippen LogP) is 3.67. The molecular formula is C14H9ClN2O3S. The van der Waals surface area contributed by atoms with Gasteiger partial charge in [-0.05, 0) is 23.8 Å². The summed E-state index contributed by atoms with van der Waals surface area (Å²) < 4.78 is 2.42. The Bertz CT molecular complexity index is 901. The van der Waals surface area contributed by atoms with Crippen molar-refractivity contribution in [2.45, 2.75) is 6.54 Å². The summed E-state index contributed by atoms with van der Waals surface area (Å²) >= 11 is 7.10. The van der Waals surface area contributed by atoms with E-state index in [2.05, 4.69) is 0 Å². The molecule has 0 N–H and O–H groups in total. The first-order valence-corrected chi connectivity index (χ1v) is 7.26. The molecule has 0 saturated heterocycles. The zero-order valence-corrected chi connectivity index (χ0v) is 12.2. The number of aromatic nitrogens is 1. The minimum absolute atomic E-state index is 0.0121. The molecule has 0 aliphatic rings. The van der Waals surface area contributed by atoms with Crippen LogP contribution in [0.15, 0.2) is 47.3 Å². The Hall–Kier alpha value is -2.18. The van der Waals surface area contributed by atoms with E-state index in [1.54, 1.807) is 34.9 Å². The first-order valence-electron chi connectivity index (χ1n) is 6.07. The molecule has 2 aromatic carbocycles. The van der Waals surface area contributed by atoms with E-state index in [4.69, 9.17) is 11.6 Å². The highest BCUT2D eigenvalue weighted by molar-refractivity contribution is 7.16. The van der Waals surface area contributed by atoms with Gasteiger partial charge in [0.25, 0.3) is 5.69 Å². The molecule has 0 radical (unpaired) electrons. The number of nitrogens with zero attached hydrogens (tertiary/aromatic N) is 2. The molecule has 7 heteroatoms. The second kappa shape index (κ2) is 5.31. The number of hydrogen-bond donors (Lipinski definition) is 0. The van der Waals surface area contributed by atoms with Crippen LogP contribution in [0.4, 0.5) is 5.69 Å². The monoisotopic (exact) mass is 320 g/mol. The maximum Gasteiger partial charge on any atom is 0.308 e. The molecule has 21 heavy (non-hydrogen) atoms. The fourth-order valence-electron chi connectivity index (χ4n) is 2.14. The van der Waals surface area contributed by atoms with Crippen molar-refractivity contribution in [2.24, 2.45) is 0 Å². The molecule has 3 rings (SSSR count). The van der Waals surface area contributed by atoms with Crippen molar-refractivity contribution in [2.75, 3.05) is 0 Å². The number of non-ortho nitro benzene ring substituents is 1. The molecule has 0 saturated carbocycles. The van der Waals surface area contributed by atoms with E-state index in [-0.39, 0.29) is 17.1 Å². The van der Waals surface area contributed by atoms with Gasteiger partial charge in [0.1, 0.15) is 0 Å². The number of halogens is 1. The Morgan fingerprint density at radius 1 is 1.24 bits per heavy atom. The van der Waals surface area contributed by atoms with Gasteiger partial charge in [-0.1, -0.05) is 35.1 Å². The second-order valence-electron chi connectivity index (χ2n) is 4.49. The van der Waals surface area contributed by atoms with Crippen LogP contribution in [0.2, 0.25) is 5.02 Å². The summed E-state index contributed by atoms with van der Waals surface area (Å²) in [7, 11) is 0. The number of nitro benzene ring substituents is 1. The van der Waals surface area contributed by atoms with E-state index in [0.29, 0.717) is 10.6 Å². The zero-order chi connectivity index (χ0) is 15.0. The van der Waals surface area contributed by atoms with E-state index in [0.717, 1.165) is 21.6 Å². The third-order valence-corrected chi connectivity index (χ3v) is 4.29. The fourth-order valence-corrected chi connectivity index (χ4v) is 3.17. The Morgan fingerprint density at radius 2 is 2.05 bits per heavy atom. The topological polar surface area (TPSA) is 65.1 Å². The first kappa shape index (κ1) is 13.8. The lowest BCUT2D eigenvalue weighted by molar-refractivity contribution is -0.384. The van der Waals surface area contributed by atoms with Gasteiger partial charge in [0.05, 0.1) is 21.7 Å². The van der Waals surface area contributed by atoms with Crippen molar-refractivity contribution >= 4 is 38.8 Å². The SMILES string of the molecule is O=c1sc2ccc(Cl)cc2n1Cc1cccc([N+](=O)[O-])c1. The summed E-state index contributed by atoms with van der Waals surface area (Å²) in [6.07, 6.45) is 0. The smallest absolute Gasteiger partial charge is 0.294 e. The van der Waals surface area contributed by atoms with Crippen molar-refractivity contribution < 1.29 is 4.92 Å². The molecular weight excluding hydrogens is 312 g/mol. The van der Waals surface area contributed by atoms with Crippen LogP contribution in [0.5, 0.6) is 0 Å². The molecule has 3 aromatic rings. The molecule has 0 spiro atoms. The highest BCUT2D eigenvalue weighted by Crippen LogP contribution is 2.23. The number of hydrogen-bond acceptors (Lipinski definition) is 4. The van der Waals surface area contributed by atoms with Crippen LogP contribution < -0.4 is 4.87 Å². The summed E-state index contributed by atoms with van der Waals surface area (Å²) in [4.78, 5) is 22.3. The third-order valence-electron chi connectivity index (χ3n) is 3.09. The van der Waals surface area contributed by atoms with Gasteiger partial charge < -0.3 is 0 Å². The van der Waals surface area contributed by atoms with Crippen LogP contribution in [0.3, 0.4) is 0 Å². The highest BCUT2D eigenvalue weighted by atomic mass is 35.5. The highest BCUT2D eigenvalue weighted by Gasteiger charge is 2.11. The van der Waals surface area contributed by atoms with Gasteiger partial charge in [-0.25, -0.2) is 0 Å². The van der Waals surface area contributed by atoms with Crippen LogP contribution in [-0.4, -0.2) is 9.49 Å².